The van der Waals surface area contributed by atoms with Crippen molar-refractivity contribution in [2.45, 2.75) is 12.6 Å². The van der Waals surface area contributed by atoms with Gasteiger partial charge in [-0.05, 0) is 23.3 Å². The molecule has 0 amide bonds. The Bertz CT molecular complexity index is 1450. The van der Waals surface area contributed by atoms with E-state index in [0.29, 0.717) is 37.2 Å². The van der Waals surface area contributed by atoms with E-state index >= 15 is 0 Å². The number of rotatable bonds is 6. The minimum absolute atomic E-state index is 0.0584. The molecule has 2 aromatic carbocycles. The molecule has 1 aliphatic heterocycles. The van der Waals surface area contributed by atoms with Crippen LogP contribution in [0.15, 0.2) is 83.8 Å². The fourth-order valence-corrected chi connectivity index (χ4v) is 5.05. The quantitative estimate of drug-likeness (QED) is 0.237. The van der Waals surface area contributed by atoms with E-state index in [4.69, 9.17) is 6.42 Å². The average Bonchev–Trinajstić information content (AvgIpc) is 2.91. The van der Waals surface area contributed by atoms with Crippen LogP contribution in [0.1, 0.15) is 17.2 Å². The Morgan fingerprint density at radius 3 is 2.11 bits per heavy atom. The van der Waals surface area contributed by atoms with Crippen LogP contribution in [-0.4, -0.2) is 45.6 Å². The van der Waals surface area contributed by atoms with Crippen LogP contribution in [-0.2, 0) is 6.54 Å². The summed E-state index contributed by atoms with van der Waals surface area (Å²) in [5, 5.41) is 12.1. The lowest BCUT2D eigenvalue weighted by molar-refractivity contribution is -0.385. The van der Waals surface area contributed by atoms with E-state index in [2.05, 4.69) is 40.1 Å². The molecule has 0 spiro atoms. The van der Waals surface area contributed by atoms with E-state index in [-0.39, 0.29) is 18.3 Å². The third-order valence-electron chi connectivity index (χ3n) is 6.63. The molecule has 0 saturated carbocycles. The fourth-order valence-electron chi connectivity index (χ4n) is 5.05. The molecule has 2 aromatic heterocycles. The number of hydrogen-bond donors (Lipinski definition) is 0. The minimum Gasteiger partial charge on any atom is -0.361 e. The predicted molar refractivity (Wildman–Crippen MR) is 140 cm³/mol. The lowest BCUT2D eigenvalue weighted by atomic mass is 9.96. The third kappa shape index (κ3) is 4.21. The third-order valence-corrected chi connectivity index (χ3v) is 6.63. The molecule has 1 fully saturated rings. The Balaban J connectivity index is 1.53. The van der Waals surface area contributed by atoms with Crippen molar-refractivity contribution in [2.24, 2.45) is 0 Å². The van der Waals surface area contributed by atoms with Crippen LogP contribution in [0.5, 0.6) is 0 Å². The van der Waals surface area contributed by atoms with Crippen LogP contribution >= 0.6 is 0 Å². The van der Waals surface area contributed by atoms with Gasteiger partial charge in [0, 0.05) is 32.4 Å². The summed E-state index contributed by atoms with van der Waals surface area (Å²) >= 11 is 0. The van der Waals surface area contributed by atoms with Crippen LogP contribution in [0.3, 0.4) is 0 Å². The lowest BCUT2D eigenvalue weighted by Crippen LogP contribution is -2.48. The molecule has 0 N–H and O–H groups in total. The summed E-state index contributed by atoms with van der Waals surface area (Å²) in [6, 6.07) is 24.1. The smallest absolute Gasteiger partial charge is 0.359 e. The second-order valence-electron chi connectivity index (χ2n) is 8.67. The molecule has 0 atom stereocenters. The number of anilines is 1. The molecule has 0 radical (unpaired) electrons. The van der Waals surface area contributed by atoms with Gasteiger partial charge in [0.05, 0.1) is 23.0 Å². The predicted octanol–water partition coefficient (Wildman–Crippen LogP) is 3.85. The average molecular weight is 480 g/mol. The first-order chi connectivity index (χ1) is 17.6. The first-order valence-electron chi connectivity index (χ1n) is 11.8. The monoisotopic (exact) mass is 479 g/mol. The van der Waals surface area contributed by atoms with E-state index < -0.39 is 16.2 Å². The second-order valence-corrected chi connectivity index (χ2v) is 8.67. The fraction of sp³-hybridized carbons (Fsp3) is 0.214. The Kier molecular flexibility index (Phi) is 6.48. The number of hydrogen-bond acceptors (Lipinski definition) is 6. The molecule has 36 heavy (non-hydrogen) atoms. The zero-order valence-corrected chi connectivity index (χ0v) is 19.7. The van der Waals surface area contributed by atoms with Crippen molar-refractivity contribution in [3.05, 3.63) is 111 Å². The molecule has 1 saturated heterocycles. The molecule has 8 nitrogen and oxygen atoms in total. The molecule has 8 heteroatoms. The minimum atomic E-state index is -0.706. The van der Waals surface area contributed by atoms with Gasteiger partial charge in [-0.2, -0.15) is 0 Å². The summed E-state index contributed by atoms with van der Waals surface area (Å²) in [5.74, 6) is 2.42. The summed E-state index contributed by atoms with van der Waals surface area (Å²) in [4.78, 5) is 33.4. The van der Waals surface area contributed by atoms with E-state index in [0.717, 1.165) is 0 Å². The van der Waals surface area contributed by atoms with Gasteiger partial charge in [-0.3, -0.25) is 29.4 Å². The first-order valence-corrected chi connectivity index (χ1v) is 11.8. The zero-order chi connectivity index (χ0) is 25.1. The summed E-state index contributed by atoms with van der Waals surface area (Å²) in [5.41, 5.74) is 2.36. The molecule has 3 heterocycles. The van der Waals surface area contributed by atoms with Gasteiger partial charge in [0.2, 0.25) is 0 Å². The Morgan fingerprint density at radius 2 is 1.56 bits per heavy atom. The largest absolute Gasteiger partial charge is 0.361 e. The van der Waals surface area contributed by atoms with E-state index in [1.54, 1.807) is 18.3 Å². The first kappa shape index (κ1) is 23.3. The number of nitro groups is 1. The number of aromatic nitrogens is 2. The maximum Gasteiger partial charge on any atom is 0.359 e. The highest BCUT2D eigenvalue weighted by Gasteiger charge is 2.33. The van der Waals surface area contributed by atoms with Gasteiger partial charge in [-0.15, -0.1) is 6.42 Å². The topological polar surface area (TPSA) is 84.5 Å². The zero-order valence-electron chi connectivity index (χ0n) is 19.7. The van der Waals surface area contributed by atoms with E-state index in [9.17, 15) is 14.9 Å². The van der Waals surface area contributed by atoms with Gasteiger partial charge < -0.3 is 4.90 Å². The summed E-state index contributed by atoms with van der Waals surface area (Å²) in [6.07, 6.45) is 7.03. The number of fused-ring (bicyclic) bond motifs is 1. The van der Waals surface area contributed by atoms with Gasteiger partial charge in [0.1, 0.15) is 11.2 Å². The summed E-state index contributed by atoms with van der Waals surface area (Å²) in [7, 11) is 0. The van der Waals surface area contributed by atoms with Crippen molar-refractivity contribution in [3.63, 3.8) is 0 Å². The SMILES string of the molecule is C#CCn1c(=O)c([N+](=O)[O-])c(N2CCN(C(c3ccccc3)c3ccccc3)CC2)c2ncccc21. The van der Waals surface area contributed by atoms with Gasteiger partial charge in [-0.25, -0.2) is 0 Å². The Hall–Kier alpha value is -4.48. The van der Waals surface area contributed by atoms with Crippen LogP contribution in [0.4, 0.5) is 11.4 Å². The molecule has 180 valence electrons. The maximum atomic E-state index is 13.2. The van der Waals surface area contributed by atoms with E-state index in [1.165, 1.54) is 15.7 Å². The highest BCUT2D eigenvalue weighted by molar-refractivity contribution is 5.93. The van der Waals surface area contributed by atoms with Crippen molar-refractivity contribution in [3.8, 4) is 12.3 Å². The van der Waals surface area contributed by atoms with Crippen LogP contribution in [0.2, 0.25) is 0 Å². The van der Waals surface area contributed by atoms with Gasteiger partial charge in [-0.1, -0.05) is 66.6 Å². The second kappa shape index (κ2) is 10.0. The lowest BCUT2D eigenvalue weighted by Gasteiger charge is -2.40. The number of nitrogens with zero attached hydrogens (tertiary/aromatic N) is 5. The van der Waals surface area contributed by atoms with Gasteiger partial charge >= 0.3 is 11.2 Å². The van der Waals surface area contributed by atoms with Crippen molar-refractivity contribution in [1.29, 1.82) is 0 Å². The molecule has 1 aliphatic rings. The van der Waals surface area contributed by atoms with Gasteiger partial charge in [0.15, 0.2) is 0 Å². The Labute approximate surface area is 208 Å². The molecule has 0 bridgehead atoms. The van der Waals surface area contributed by atoms with Gasteiger partial charge in [0.25, 0.3) is 0 Å². The molecular formula is C28H25N5O3. The maximum absolute atomic E-state index is 13.2. The van der Waals surface area contributed by atoms with Crippen molar-refractivity contribution in [1.82, 2.24) is 14.5 Å². The number of benzene rings is 2. The normalized spacial score (nSPS) is 14.2. The van der Waals surface area contributed by atoms with Crippen LogP contribution in [0, 0.1) is 22.5 Å². The highest BCUT2D eigenvalue weighted by Crippen LogP contribution is 2.35. The Morgan fingerprint density at radius 1 is 0.944 bits per heavy atom. The number of terminal acetylenes is 1. The van der Waals surface area contributed by atoms with Crippen molar-refractivity contribution >= 4 is 22.4 Å². The van der Waals surface area contributed by atoms with Crippen LogP contribution in [0.25, 0.3) is 11.0 Å². The number of pyridine rings is 2. The molecule has 4 aromatic rings. The number of piperazine rings is 1. The van der Waals surface area contributed by atoms with Crippen LogP contribution < -0.4 is 10.5 Å². The highest BCUT2D eigenvalue weighted by atomic mass is 16.6. The standard InChI is InChI=1S/C28H25N5O3/c1-2-16-32-23-14-9-15-29-24(23)26(27(28(32)34)33(35)36)31-19-17-30(18-20-31)25(21-10-5-3-6-11-21)22-12-7-4-8-13-22/h1,3-15,25H,16-20H2. The summed E-state index contributed by atoms with van der Waals surface area (Å²) < 4.78 is 1.25. The van der Waals surface area contributed by atoms with Crippen molar-refractivity contribution in [2.75, 3.05) is 31.1 Å². The molecule has 5 rings (SSSR count). The molecule has 0 unspecified atom stereocenters. The molecular weight excluding hydrogens is 454 g/mol. The van der Waals surface area contributed by atoms with Crippen molar-refractivity contribution < 1.29 is 4.92 Å². The summed E-state index contributed by atoms with van der Waals surface area (Å²) in [6.45, 7) is 2.29. The van der Waals surface area contributed by atoms with E-state index in [1.807, 2.05) is 41.3 Å². The molecule has 0 aliphatic carbocycles.